The van der Waals surface area contributed by atoms with Crippen LogP contribution in [0, 0.1) is 0 Å². The average molecular weight is 395 g/mol. The predicted octanol–water partition coefficient (Wildman–Crippen LogP) is 3.80. The molecule has 0 saturated heterocycles. The summed E-state index contributed by atoms with van der Waals surface area (Å²) >= 11 is 0. The number of nitrogens with zero attached hydrogens (tertiary/aromatic N) is 1. The van der Waals surface area contributed by atoms with E-state index in [0.717, 1.165) is 11.1 Å². The first kappa shape index (κ1) is 20.6. The first-order valence-electron chi connectivity index (χ1n) is 9.44. The van der Waals surface area contributed by atoms with Crippen LogP contribution < -0.4 is 0 Å². The fourth-order valence-electron chi connectivity index (χ4n) is 3.35. The molecule has 2 N–H and O–H groups in total. The zero-order valence-corrected chi connectivity index (χ0v) is 16.8. The largest absolute Gasteiger partial charge is 0.478 e. The third-order valence-electron chi connectivity index (χ3n) is 4.59. The Morgan fingerprint density at radius 1 is 1.00 bits per heavy atom. The fourth-order valence-corrected chi connectivity index (χ4v) is 3.35. The smallest absolute Gasteiger partial charge is 0.410 e. The molecule has 0 radical (unpaired) electrons. The Morgan fingerprint density at radius 2 is 1.62 bits per heavy atom. The van der Waals surface area contributed by atoms with Gasteiger partial charge in [-0.15, -0.1) is 0 Å². The lowest BCUT2D eigenvalue weighted by Gasteiger charge is -2.34. The van der Waals surface area contributed by atoms with Gasteiger partial charge in [-0.05, 0) is 43.5 Å². The number of amides is 1. The quantitative estimate of drug-likeness (QED) is 0.825. The van der Waals surface area contributed by atoms with Crippen LogP contribution in [0.15, 0.2) is 60.2 Å². The van der Waals surface area contributed by atoms with E-state index in [-0.39, 0.29) is 18.7 Å². The third kappa shape index (κ3) is 4.84. The molecule has 0 aromatic heterocycles. The molecular weight excluding hydrogens is 370 g/mol. The first-order chi connectivity index (χ1) is 13.7. The van der Waals surface area contributed by atoms with Crippen molar-refractivity contribution in [2.75, 3.05) is 13.1 Å². The highest BCUT2D eigenvalue weighted by atomic mass is 16.6. The summed E-state index contributed by atoms with van der Waals surface area (Å²) in [6.45, 7) is 5.04. The lowest BCUT2D eigenvalue weighted by atomic mass is 9.89. The van der Waals surface area contributed by atoms with Crippen molar-refractivity contribution in [3.8, 4) is 11.1 Å². The van der Waals surface area contributed by atoms with E-state index in [4.69, 9.17) is 4.74 Å². The lowest BCUT2D eigenvalue weighted by Crippen LogP contribution is -2.46. The van der Waals surface area contributed by atoms with Gasteiger partial charge in [-0.3, -0.25) is 0 Å². The summed E-state index contributed by atoms with van der Waals surface area (Å²) in [7, 11) is 0. The van der Waals surface area contributed by atoms with Gasteiger partial charge >= 0.3 is 12.1 Å². The summed E-state index contributed by atoms with van der Waals surface area (Å²) in [6.07, 6.45) is -1.78. The van der Waals surface area contributed by atoms with E-state index in [2.05, 4.69) is 0 Å². The van der Waals surface area contributed by atoms with E-state index in [1.54, 1.807) is 26.8 Å². The standard InChI is InChI=1S/C23H25NO5/c1-23(2,3)29-22(28)24-13-18(21(26)27)20(19(25)14-24)17-11-7-10-16(12-17)15-8-5-4-6-9-15/h4-12,19,25H,13-14H2,1-3H3,(H,26,27). The van der Waals surface area contributed by atoms with Crippen LogP contribution in [-0.2, 0) is 9.53 Å². The maximum Gasteiger partial charge on any atom is 0.410 e. The highest BCUT2D eigenvalue weighted by Gasteiger charge is 2.35. The zero-order chi connectivity index (χ0) is 21.2. The summed E-state index contributed by atoms with van der Waals surface area (Å²) in [5, 5.41) is 20.5. The molecule has 0 saturated carbocycles. The van der Waals surface area contributed by atoms with Crippen molar-refractivity contribution in [3.63, 3.8) is 0 Å². The molecule has 0 fully saturated rings. The predicted molar refractivity (Wildman–Crippen MR) is 110 cm³/mol. The molecule has 0 bridgehead atoms. The Morgan fingerprint density at radius 3 is 2.24 bits per heavy atom. The van der Waals surface area contributed by atoms with Gasteiger partial charge in [0.25, 0.3) is 0 Å². The monoisotopic (exact) mass is 395 g/mol. The number of β-amino-alcohol motifs (C(OH)–C–C–N with tert-alkyl or cyclic N) is 1. The van der Waals surface area contributed by atoms with Crippen LogP contribution in [0.25, 0.3) is 16.7 Å². The topological polar surface area (TPSA) is 87.1 Å². The molecule has 2 aromatic carbocycles. The van der Waals surface area contributed by atoms with Crippen molar-refractivity contribution in [2.24, 2.45) is 0 Å². The maximum absolute atomic E-state index is 12.4. The summed E-state index contributed by atoms with van der Waals surface area (Å²) in [5.41, 5.74) is 2.14. The molecule has 6 nitrogen and oxygen atoms in total. The van der Waals surface area contributed by atoms with E-state index >= 15 is 0 Å². The van der Waals surface area contributed by atoms with Crippen molar-refractivity contribution in [1.29, 1.82) is 0 Å². The van der Waals surface area contributed by atoms with Gasteiger partial charge in [0.15, 0.2) is 0 Å². The Hall–Kier alpha value is -3.12. The molecule has 1 aliphatic rings. The number of aliphatic carboxylic acids is 1. The van der Waals surface area contributed by atoms with E-state index in [0.29, 0.717) is 11.1 Å². The summed E-state index contributed by atoms with van der Waals surface area (Å²) in [6, 6.07) is 17.1. The number of carboxylic acids is 1. The SMILES string of the molecule is CC(C)(C)OC(=O)N1CC(C(=O)O)=C(c2cccc(-c3ccccc3)c2)C(O)C1. The number of aliphatic hydroxyl groups excluding tert-OH is 1. The Bertz CT molecular complexity index is 943. The van der Waals surface area contributed by atoms with Gasteiger partial charge in [-0.25, -0.2) is 9.59 Å². The molecule has 3 rings (SSSR count). The van der Waals surface area contributed by atoms with E-state index in [1.165, 1.54) is 4.90 Å². The Balaban J connectivity index is 1.98. The number of hydrogen-bond donors (Lipinski definition) is 2. The Labute approximate surface area is 170 Å². The number of carbonyl (C=O) groups excluding carboxylic acids is 1. The molecule has 152 valence electrons. The van der Waals surface area contributed by atoms with E-state index in [9.17, 15) is 19.8 Å². The minimum absolute atomic E-state index is 0.0141. The van der Waals surface area contributed by atoms with Gasteiger partial charge in [-0.1, -0.05) is 48.5 Å². The van der Waals surface area contributed by atoms with Gasteiger partial charge in [0.05, 0.1) is 24.8 Å². The number of benzene rings is 2. The summed E-state index contributed by atoms with van der Waals surface area (Å²) in [4.78, 5) is 25.6. The van der Waals surface area contributed by atoms with Crippen LogP contribution in [-0.4, -0.2) is 52.0 Å². The van der Waals surface area contributed by atoms with Crippen molar-refractivity contribution in [1.82, 2.24) is 4.90 Å². The van der Waals surface area contributed by atoms with Crippen LogP contribution in [0.1, 0.15) is 26.3 Å². The Kier molecular flexibility index (Phi) is 5.75. The highest BCUT2D eigenvalue weighted by molar-refractivity contribution is 5.99. The second-order valence-corrected chi connectivity index (χ2v) is 8.02. The second kappa shape index (κ2) is 8.09. The van der Waals surface area contributed by atoms with Gasteiger partial charge < -0.3 is 19.8 Å². The average Bonchev–Trinajstić information content (AvgIpc) is 2.66. The van der Waals surface area contributed by atoms with Crippen LogP contribution in [0.4, 0.5) is 4.79 Å². The number of hydrogen-bond acceptors (Lipinski definition) is 4. The minimum Gasteiger partial charge on any atom is -0.478 e. The van der Waals surface area contributed by atoms with Gasteiger partial charge in [0, 0.05) is 5.57 Å². The molecule has 1 aliphatic heterocycles. The first-order valence-corrected chi connectivity index (χ1v) is 9.44. The van der Waals surface area contributed by atoms with Crippen molar-refractivity contribution in [2.45, 2.75) is 32.5 Å². The van der Waals surface area contributed by atoms with Crippen LogP contribution in [0.3, 0.4) is 0 Å². The molecule has 1 heterocycles. The summed E-state index contributed by atoms with van der Waals surface area (Å²) < 4.78 is 5.33. The van der Waals surface area contributed by atoms with Gasteiger partial charge in [0.2, 0.25) is 0 Å². The molecule has 6 heteroatoms. The van der Waals surface area contributed by atoms with E-state index in [1.807, 2.05) is 48.5 Å². The summed E-state index contributed by atoms with van der Waals surface area (Å²) in [5.74, 6) is -1.17. The zero-order valence-electron chi connectivity index (χ0n) is 16.8. The van der Waals surface area contributed by atoms with E-state index < -0.39 is 23.8 Å². The second-order valence-electron chi connectivity index (χ2n) is 8.02. The van der Waals surface area contributed by atoms with Crippen LogP contribution in [0.2, 0.25) is 0 Å². The highest BCUT2D eigenvalue weighted by Crippen LogP contribution is 2.31. The van der Waals surface area contributed by atoms with Crippen molar-refractivity contribution < 1.29 is 24.5 Å². The molecule has 2 aromatic rings. The van der Waals surface area contributed by atoms with Gasteiger partial charge in [-0.2, -0.15) is 0 Å². The lowest BCUT2D eigenvalue weighted by molar-refractivity contribution is -0.133. The number of carbonyl (C=O) groups is 2. The van der Waals surface area contributed by atoms with Crippen LogP contribution in [0.5, 0.6) is 0 Å². The molecule has 1 unspecified atom stereocenters. The third-order valence-corrected chi connectivity index (χ3v) is 4.59. The van der Waals surface area contributed by atoms with Crippen LogP contribution >= 0.6 is 0 Å². The normalized spacial score (nSPS) is 17.2. The number of carboxylic acid groups (broad SMARTS) is 1. The fraction of sp³-hybridized carbons (Fsp3) is 0.304. The number of rotatable bonds is 3. The molecule has 29 heavy (non-hydrogen) atoms. The molecule has 1 atom stereocenters. The minimum atomic E-state index is -1.17. The van der Waals surface area contributed by atoms with Crippen molar-refractivity contribution >= 4 is 17.6 Å². The van der Waals surface area contributed by atoms with Crippen molar-refractivity contribution in [3.05, 3.63) is 65.7 Å². The molecule has 0 spiro atoms. The number of ether oxygens (including phenoxy) is 1. The number of aliphatic hydroxyl groups is 1. The van der Waals surface area contributed by atoms with Gasteiger partial charge in [0.1, 0.15) is 5.60 Å². The maximum atomic E-state index is 12.4. The molecular formula is C23H25NO5. The molecule has 0 aliphatic carbocycles. The molecule has 1 amide bonds.